The van der Waals surface area contributed by atoms with Gasteiger partial charge in [0.05, 0.1) is 11.0 Å². The van der Waals surface area contributed by atoms with Crippen LogP contribution in [0.15, 0.2) is 18.2 Å². The number of anilines is 2. The molecule has 7 heteroatoms. The quantitative estimate of drug-likeness (QED) is 0.330. The van der Waals surface area contributed by atoms with Crippen molar-refractivity contribution >= 4 is 17.1 Å². The van der Waals surface area contributed by atoms with Crippen molar-refractivity contribution in [3.8, 4) is 0 Å². The molecule has 1 rings (SSSR count). The Bertz CT molecular complexity index is 449. The first kappa shape index (κ1) is 16.2. The van der Waals surface area contributed by atoms with Crippen LogP contribution in [-0.4, -0.2) is 22.7 Å². The minimum atomic E-state index is -0.543. The van der Waals surface area contributed by atoms with Gasteiger partial charge in [0.2, 0.25) is 0 Å². The first-order chi connectivity index (χ1) is 9.54. The van der Waals surface area contributed by atoms with Crippen LogP contribution in [0.25, 0.3) is 0 Å². The lowest BCUT2D eigenvalue weighted by Gasteiger charge is -2.21. The molecule has 0 amide bonds. The number of hydrazine groups is 1. The van der Waals surface area contributed by atoms with Gasteiger partial charge in [0.1, 0.15) is 11.4 Å². The van der Waals surface area contributed by atoms with E-state index in [9.17, 15) is 15.2 Å². The lowest BCUT2D eigenvalue weighted by atomic mass is 9.96. The number of nitro benzene ring substituents is 1. The number of aliphatic hydroxyl groups excluding tert-OH is 1. The molecule has 0 saturated heterocycles. The SMILES string of the molecule is CCC(CC)C(O)CNc1cccc(NN)c1[N+](=O)[O-]. The van der Waals surface area contributed by atoms with E-state index >= 15 is 0 Å². The molecule has 0 bridgehead atoms. The van der Waals surface area contributed by atoms with E-state index in [2.05, 4.69) is 10.7 Å². The van der Waals surface area contributed by atoms with Crippen LogP contribution in [0.4, 0.5) is 17.1 Å². The molecule has 7 nitrogen and oxygen atoms in total. The summed E-state index contributed by atoms with van der Waals surface area (Å²) in [6.07, 6.45) is 1.19. The van der Waals surface area contributed by atoms with Gasteiger partial charge in [0.15, 0.2) is 0 Å². The van der Waals surface area contributed by atoms with Gasteiger partial charge < -0.3 is 15.8 Å². The lowest BCUT2D eigenvalue weighted by Crippen LogP contribution is -2.28. The van der Waals surface area contributed by atoms with Gasteiger partial charge in [-0.1, -0.05) is 32.8 Å². The fraction of sp³-hybridized carbons (Fsp3) is 0.538. The van der Waals surface area contributed by atoms with Gasteiger partial charge in [0.25, 0.3) is 0 Å². The van der Waals surface area contributed by atoms with E-state index in [4.69, 9.17) is 5.84 Å². The normalized spacial score (nSPS) is 12.2. The average molecular weight is 282 g/mol. The second-order valence-corrected chi connectivity index (χ2v) is 4.63. The highest BCUT2D eigenvalue weighted by Gasteiger charge is 2.21. The van der Waals surface area contributed by atoms with Crippen molar-refractivity contribution in [2.24, 2.45) is 11.8 Å². The van der Waals surface area contributed by atoms with Gasteiger partial charge in [-0.25, -0.2) is 0 Å². The molecule has 0 aromatic heterocycles. The van der Waals surface area contributed by atoms with E-state index in [0.29, 0.717) is 5.69 Å². The molecule has 0 aliphatic carbocycles. The number of benzene rings is 1. The zero-order valence-electron chi connectivity index (χ0n) is 11.8. The number of nitrogens with one attached hydrogen (secondary N) is 2. The summed E-state index contributed by atoms with van der Waals surface area (Å²) in [4.78, 5) is 10.6. The fourth-order valence-electron chi connectivity index (χ4n) is 2.21. The average Bonchev–Trinajstić information content (AvgIpc) is 2.45. The monoisotopic (exact) mass is 282 g/mol. The third kappa shape index (κ3) is 3.82. The maximum absolute atomic E-state index is 11.1. The van der Waals surface area contributed by atoms with Crippen LogP contribution in [-0.2, 0) is 0 Å². The molecule has 1 atom stereocenters. The van der Waals surface area contributed by atoms with Gasteiger partial charge in [-0.3, -0.25) is 16.0 Å². The van der Waals surface area contributed by atoms with Gasteiger partial charge in [0, 0.05) is 6.54 Å². The number of nitrogen functional groups attached to an aromatic ring is 1. The van der Waals surface area contributed by atoms with Crippen LogP contribution in [0.3, 0.4) is 0 Å². The second kappa shape index (κ2) is 7.66. The molecule has 5 N–H and O–H groups in total. The van der Waals surface area contributed by atoms with Crippen molar-refractivity contribution in [2.75, 3.05) is 17.3 Å². The van der Waals surface area contributed by atoms with Crippen LogP contribution < -0.4 is 16.6 Å². The summed E-state index contributed by atoms with van der Waals surface area (Å²) < 4.78 is 0. The largest absolute Gasteiger partial charge is 0.391 e. The molecule has 0 spiro atoms. The van der Waals surface area contributed by atoms with Gasteiger partial charge in [-0.2, -0.15) is 0 Å². The zero-order chi connectivity index (χ0) is 15.1. The fourth-order valence-corrected chi connectivity index (χ4v) is 2.21. The van der Waals surface area contributed by atoms with Crippen molar-refractivity contribution in [2.45, 2.75) is 32.8 Å². The van der Waals surface area contributed by atoms with E-state index in [1.165, 1.54) is 6.07 Å². The number of nitrogens with two attached hydrogens (primary N) is 1. The third-order valence-electron chi connectivity index (χ3n) is 3.47. The maximum Gasteiger partial charge on any atom is 0.316 e. The minimum absolute atomic E-state index is 0.119. The summed E-state index contributed by atoms with van der Waals surface area (Å²) >= 11 is 0. The smallest absolute Gasteiger partial charge is 0.316 e. The summed E-state index contributed by atoms with van der Waals surface area (Å²) in [5.41, 5.74) is 2.76. The summed E-state index contributed by atoms with van der Waals surface area (Å²) in [6.45, 7) is 4.29. The van der Waals surface area contributed by atoms with E-state index in [-0.39, 0.29) is 23.8 Å². The topological polar surface area (TPSA) is 113 Å². The Labute approximate surface area is 118 Å². The summed E-state index contributed by atoms with van der Waals surface area (Å²) in [5.74, 6) is 5.45. The molecule has 0 aliphatic heterocycles. The Morgan fingerprint density at radius 1 is 1.35 bits per heavy atom. The van der Waals surface area contributed by atoms with E-state index < -0.39 is 11.0 Å². The molecule has 112 valence electrons. The number of rotatable bonds is 8. The van der Waals surface area contributed by atoms with Crippen LogP contribution >= 0.6 is 0 Å². The molecule has 0 aliphatic rings. The van der Waals surface area contributed by atoms with Crippen LogP contribution in [0.1, 0.15) is 26.7 Å². The van der Waals surface area contributed by atoms with Crippen molar-refractivity contribution in [3.05, 3.63) is 28.3 Å². The Morgan fingerprint density at radius 2 is 1.95 bits per heavy atom. The molecule has 1 unspecified atom stereocenters. The van der Waals surface area contributed by atoms with Gasteiger partial charge in [-0.15, -0.1) is 0 Å². The highest BCUT2D eigenvalue weighted by atomic mass is 16.6. The highest BCUT2D eigenvalue weighted by Crippen LogP contribution is 2.32. The van der Waals surface area contributed by atoms with Crippen molar-refractivity contribution in [3.63, 3.8) is 0 Å². The molecular formula is C13H22N4O3. The second-order valence-electron chi connectivity index (χ2n) is 4.63. The summed E-state index contributed by atoms with van der Waals surface area (Å²) in [5, 5.41) is 24.1. The molecule has 0 fully saturated rings. The summed E-state index contributed by atoms with van der Waals surface area (Å²) in [6, 6.07) is 4.78. The number of hydrogen-bond acceptors (Lipinski definition) is 6. The first-order valence-electron chi connectivity index (χ1n) is 6.71. The highest BCUT2D eigenvalue weighted by molar-refractivity contribution is 5.75. The number of para-hydroxylation sites is 1. The van der Waals surface area contributed by atoms with Crippen molar-refractivity contribution in [1.82, 2.24) is 0 Å². The van der Waals surface area contributed by atoms with E-state index in [0.717, 1.165) is 12.8 Å². The molecule has 20 heavy (non-hydrogen) atoms. The number of nitro groups is 1. The van der Waals surface area contributed by atoms with Crippen LogP contribution in [0.5, 0.6) is 0 Å². The molecule has 0 heterocycles. The third-order valence-corrected chi connectivity index (χ3v) is 3.47. The predicted molar refractivity (Wildman–Crippen MR) is 79.5 cm³/mol. The minimum Gasteiger partial charge on any atom is -0.391 e. The van der Waals surface area contributed by atoms with Crippen molar-refractivity contribution < 1.29 is 10.0 Å². The number of aliphatic hydroxyl groups is 1. The van der Waals surface area contributed by atoms with E-state index in [1.54, 1.807) is 12.1 Å². The standard InChI is InChI=1S/C13H22N4O3/c1-3-9(4-2)12(18)8-15-10-6-5-7-11(16-14)13(10)17(19)20/h5-7,9,12,15-16,18H,3-4,8,14H2,1-2H3. The molecule has 0 radical (unpaired) electrons. The van der Waals surface area contributed by atoms with E-state index in [1.807, 2.05) is 13.8 Å². The Balaban J connectivity index is 2.85. The number of hydrogen-bond donors (Lipinski definition) is 4. The van der Waals surface area contributed by atoms with Crippen LogP contribution in [0, 0.1) is 16.0 Å². The molecular weight excluding hydrogens is 260 g/mol. The molecule has 1 aromatic rings. The van der Waals surface area contributed by atoms with Gasteiger partial charge >= 0.3 is 5.69 Å². The Kier molecular flexibility index (Phi) is 6.20. The lowest BCUT2D eigenvalue weighted by molar-refractivity contribution is -0.383. The Hall–Kier alpha value is -1.86. The van der Waals surface area contributed by atoms with Gasteiger partial charge in [-0.05, 0) is 18.1 Å². The molecule has 1 aromatic carbocycles. The maximum atomic E-state index is 11.1. The van der Waals surface area contributed by atoms with Crippen LogP contribution in [0.2, 0.25) is 0 Å². The Morgan fingerprint density at radius 3 is 2.45 bits per heavy atom. The first-order valence-corrected chi connectivity index (χ1v) is 6.71. The molecule has 0 saturated carbocycles. The summed E-state index contributed by atoms with van der Waals surface area (Å²) in [7, 11) is 0. The predicted octanol–water partition coefficient (Wildman–Crippen LogP) is 2.09. The number of nitrogens with zero attached hydrogens (tertiary/aromatic N) is 1. The zero-order valence-corrected chi connectivity index (χ0v) is 11.8. The van der Waals surface area contributed by atoms with Crippen molar-refractivity contribution in [1.29, 1.82) is 0 Å².